The van der Waals surface area contributed by atoms with Crippen molar-refractivity contribution in [1.82, 2.24) is 10.2 Å². The molecule has 1 heterocycles. The van der Waals surface area contributed by atoms with E-state index in [1.165, 1.54) is 23.1 Å². The molecule has 3 aromatic rings. The standard InChI is InChI=1S/C19H21N3O3S2/c1-13-6-5-7-15(10-13)25-11-14(23)12-26-19-22-21-18(27-19)20-16-8-3-4-9-17(16)24-2/h3-10,14,23H,11-12H2,1-2H3,(H,20,21)/t14-/m0/s1. The van der Waals surface area contributed by atoms with Crippen LogP contribution in [0.1, 0.15) is 5.56 Å². The van der Waals surface area contributed by atoms with Gasteiger partial charge in [0.05, 0.1) is 18.9 Å². The Bertz CT molecular complexity index is 873. The van der Waals surface area contributed by atoms with Gasteiger partial charge in [-0.2, -0.15) is 0 Å². The van der Waals surface area contributed by atoms with Crippen LogP contribution in [0.15, 0.2) is 52.9 Å². The fourth-order valence-electron chi connectivity index (χ4n) is 2.29. The first-order chi connectivity index (χ1) is 13.1. The fraction of sp³-hybridized carbons (Fsp3) is 0.263. The molecule has 3 rings (SSSR count). The Morgan fingerprint density at radius 1 is 1.19 bits per heavy atom. The van der Waals surface area contributed by atoms with E-state index in [1.807, 2.05) is 55.5 Å². The Hall–Kier alpha value is -2.29. The molecule has 0 aliphatic heterocycles. The highest BCUT2D eigenvalue weighted by Gasteiger charge is 2.11. The monoisotopic (exact) mass is 403 g/mol. The van der Waals surface area contributed by atoms with Gasteiger partial charge in [0.2, 0.25) is 5.13 Å². The molecule has 0 saturated heterocycles. The Kier molecular flexibility index (Phi) is 6.92. The van der Waals surface area contributed by atoms with Crippen LogP contribution in [0.25, 0.3) is 0 Å². The summed E-state index contributed by atoms with van der Waals surface area (Å²) in [7, 11) is 1.63. The van der Waals surface area contributed by atoms with Crippen molar-refractivity contribution in [3.05, 3.63) is 54.1 Å². The van der Waals surface area contributed by atoms with Gasteiger partial charge in [0.15, 0.2) is 4.34 Å². The van der Waals surface area contributed by atoms with Gasteiger partial charge in [-0.15, -0.1) is 10.2 Å². The number of aliphatic hydroxyl groups is 1. The SMILES string of the molecule is COc1ccccc1Nc1nnc(SC[C@@H](O)COc2cccc(C)c2)s1. The number of anilines is 2. The number of nitrogens with one attached hydrogen (secondary N) is 1. The highest BCUT2D eigenvalue weighted by Crippen LogP contribution is 2.31. The zero-order valence-electron chi connectivity index (χ0n) is 15.1. The first kappa shape index (κ1) is 19.5. The van der Waals surface area contributed by atoms with Crippen molar-refractivity contribution in [2.45, 2.75) is 17.4 Å². The quantitative estimate of drug-likeness (QED) is 0.520. The third-order valence-corrected chi connectivity index (χ3v) is 5.70. The summed E-state index contributed by atoms with van der Waals surface area (Å²) in [6.45, 7) is 2.24. The summed E-state index contributed by atoms with van der Waals surface area (Å²) < 4.78 is 11.7. The molecule has 1 atom stereocenters. The second-order valence-electron chi connectivity index (χ2n) is 5.79. The summed E-state index contributed by atoms with van der Waals surface area (Å²) in [5, 5.41) is 22.3. The van der Waals surface area contributed by atoms with E-state index in [-0.39, 0.29) is 6.61 Å². The average molecular weight is 404 g/mol. The summed E-state index contributed by atoms with van der Waals surface area (Å²) in [5.74, 6) is 1.98. The van der Waals surface area contributed by atoms with Crippen LogP contribution in [0.4, 0.5) is 10.8 Å². The third-order valence-electron chi connectivity index (χ3n) is 3.59. The summed E-state index contributed by atoms with van der Waals surface area (Å²) in [4.78, 5) is 0. The number of thioether (sulfide) groups is 1. The number of aromatic nitrogens is 2. The lowest BCUT2D eigenvalue weighted by Crippen LogP contribution is -2.20. The maximum atomic E-state index is 10.1. The molecule has 0 saturated carbocycles. The van der Waals surface area contributed by atoms with Gasteiger partial charge >= 0.3 is 0 Å². The molecule has 0 amide bonds. The van der Waals surface area contributed by atoms with Gasteiger partial charge in [0.25, 0.3) is 0 Å². The minimum Gasteiger partial charge on any atom is -0.495 e. The van der Waals surface area contributed by atoms with Gasteiger partial charge in [0.1, 0.15) is 18.1 Å². The molecule has 2 aromatic carbocycles. The molecular formula is C19H21N3O3S2. The minimum absolute atomic E-state index is 0.238. The molecule has 0 radical (unpaired) electrons. The lowest BCUT2D eigenvalue weighted by molar-refractivity contribution is 0.126. The van der Waals surface area contributed by atoms with Crippen molar-refractivity contribution in [1.29, 1.82) is 0 Å². The van der Waals surface area contributed by atoms with Crippen molar-refractivity contribution < 1.29 is 14.6 Å². The molecule has 142 valence electrons. The van der Waals surface area contributed by atoms with Gasteiger partial charge in [-0.05, 0) is 36.8 Å². The predicted molar refractivity (Wildman–Crippen MR) is 110 cm³/mol. The number of ether oxygens (including phenoxy) is 2. The Labute approximate surface area is 166 Å². The summed E-state index contributed by atoms with van der Waals surface area (Å²) >= 11 is 2.88. The van der Waals surface area contributed by atoms with E-state index < -0.39 is 6.10 Å². The van der Waals surface area contributed by atoms with E-state index in [4.69, 9.17) is 9.47 Å². The number of rotatable bonds is 9. The maximum absolute atomic E-state index is 10.1. The first-order valence-corrected chi connectivity index (χ1v) is 10.2. The number of para-hydroxylation sites is 2. The summed E-state index contributed by atoms with van der Waals surface area (Å²) in [6.07, 6.45) is -0.593. The zero-order valence-corrected chi connectivity index (χ0v) is 16.7. The zero-order chi connectivity index (χ0) is 19.1. The molecule has 0 unspecified atom stereocenters. The Balaban J connectivity index is 1.47. The number of hydrogen-bond acceptors (Lipinski definition) is 8. The average Bonchev–Trinajstić information content (AvgIpc) is 3.12. The van der Waals surface area contributed by atoms with Gasteiger partial charge in [0, 0.05) is 5.75 Å². The number of methoxy groups -OCH3 is 1. The van der Waals surface area contributed by atoms with Crippen LogP contribution in [-0.4, -0.2) is 40.9 Å². The van der Waals surface area contributed by atoms with Gasteiger partial charge in [-0.3, -0.25) is 0 Å². The second-order valence-corrected chi connectivity index (χ2v) is 8.04. The molecule has 2 N–H and O–H groups in total. The molecule has 8 heteroatoms. The van der Waals surface area contributed by atoms with Gasteiger partial charge in [-0.1, -0.05) is 47.4 Å². The molecule has 6 nitrogen and oxygen atoms in total. The highest BCUT2D eigenvalue weighted by atomic mass is 32.2. The van der Waals surface area contributed by atoms with Crippen LogP contribution >= 0.6 is 23.1 Å². The molecule has 0 spiro atoms. The van der Waals surface area contributed by atoms with Gasteiger partial charge < -0.3 is 19.9 Å². The number of aliphatic hydroxyl groups excluding tert-OH is 1. The Morgan fingerprint density at radius 3 is 2.85 bits per heavy atom. The van der Waals surface area contributed by atoms with Crippen molar-refractivity contribution in [2.75, 3.05) is 24.8 Å². The first-order valence-electron chi connectivity index (χ1n) is 8.38. The van der Waals surface area contributed by atoms with E-state index in [0.29, 0.717) is 10.9 Å². The van der Waals surface area contributed by atoms with Crippen LogP contribution in [0, 0.1) is 6.92 Å². The number of nitrogens with zero attached hydrogens (tertiary/aromatic N) is 2. The molecule has 0 aliphatic carbocycles. The van der Waals surface area contributed by atoms with Crippen molar-refractivity contribution in [3.63, 3.8) is 0 Å². The van der Waals surface area contributed by atoms with Crippen molar-refractivity contribution >= 4 is 33.9 Å². The Morgan fingerprint density at radius 2 is 2.04 bits per heavy atom. The smallest absolute Gasteiger partial charge is 0.210 e. The molecule has 0 bridgehead atoms. The largest absolute Gasteiger partial charge is 0.495 e. The van der Waals surface area contributed by atoms with Crippen LogP contribution < -0.4 is 14.8 Å². The molecule has 0 fully saturated rings. The lowest BCUT2D eigenvalue weighted by Gasteiger charge is -2.11. The van der Waals surface area contributed by atoms with Crippen LogP contribution in [0.3, 0.4) is 0 Å². The van der Waals surface area contributed by atoms with Crippen molar-refractivity contribution in [3.8, 4) is 11.5 Å². The van der Waals surface area contributed by atoms with Crippen LogP contribution in [0.2, 0.25) is 0 Å². The third kappa shape index (κ3) is 5.85. The fourth-order valence-corrected chi connectivity index (χ4v) is 3.99. The summed E-state index contributed by atoms with van der Waals surface area (Å²) in [5.41, 5.74) is 1.96. The lowest BCUT2D eigenvalue weighted by atomic mass is 10.2. The highest BCUT2D eigenvalue weighted by molar-refractivity contribution is 8.01. The van der Waals surface area contributed by atoms with Gasteiger partial charge in [-0.25, -0.2) is 0 Å². The molecule has 27 heavy (non-hydrogen) atoms. The van der Waals surface area contributed by atoms with E-state index in [0.717, 1.165) is 27.1 Å². The maximum Gasteiger partial charge on any atom is 0.210 e. The number of hydrogen-bond donors (Lipinski definition) is 2. The predicted octanol–water partition coefficient (Wildman–Crippen LogP) is 4.13. The van der Waals surface area contributed by atoms with Crippen LogP contribution in [-0.2, 0) is 0 Å². The number of benzene rings is 2. The van der Waals surface area contributed by atoms with Crippen molar-refractivity contribution in [2.24, 2.45) is 0 Å². The second kappa shape index (κ2) is 9.59. The molecule has 1 aromatic heterocycles. The summed E-state index contributed by atoms with van der Waals surface area (Å²) in [6, 6.07) is 15.4. The van der Waals surface area contributed by atoms with E-state index in [2.05, 4.69) is 15.5 Å². The minimum atomic E-state index is -0.593. The molecule has 0 aliphatic rings. The van der Waals surface area contributed by atoms with E-state index in [1.54, 1.807) is 7.11 Å². The van der Waals surface area contributed by atoms with E-state index in [9.17, 15) is 5.11 Å². The number of aryl methyl sites for hydroxylation is 1. The normalized spacial score (nSPS) is 11.8. The topological polar surface area (TPSA) is 76.5 Å². The van der Waals surface area contributed by atoms with Crippen LogP contribution in [0.5, 0.6) is 11.5 Å². The van der Waals surface area contributed by atoms with E-state index >= 15 is 0 Å². The molecular weight excluding hydrogens is 382 g/mol.